The number of hydrogen-bond donors (Lipinski definition) is 4. The molecule has 0 saturated carbocycles. The van der Waals surface area contributed by atoms with E-state index >= 15 is 0 Å². The molecule has 1 aliphatic rings. The van der Waals surface area contributed by atoms with E-state index in [1.165, 1.54) is 18.0 Å². The quantitative estimate of drug-likeness (QED) is 0.245. The molecule has 0 fully saturated rings. The van der Waals surface area contributed by atoms with E-state index in [1.54, 1.807) is 54.6 Å². The molecule has 0 aliphatic carbocycles. The van der Waals surface area contributed by atoms with E-state index in [9.17, 15) is 33.0 Å². The number of nitrogens with one attached hydrogen (secondary N) is 1. The Morgan fingerprint density at radius 1 is 1.02 bits per heavy atom. The van der Waals surface area contributed by atoms with Crippen LogP contribution < -0.4 is 9.80 Å². The highest BCUT2D eigenvalue weighted by atomic mass is 35.5. The minimum Gasteiger partial charge on any atom is -0.475 e. The van der Waals surface area contributed by atoms with E-state index < -0.39 is 29.9 Å². The Balaban J connectivity index is 0.000000470. The van der Waals surface area contributed by atoms with Crippen molar-refractivity contribution in [1.82, 2.24) is 9.97 Å². The van der Waals surface area contributed by atoms with Crippen LogP contribution in [0.3, 0.4) is 0 Å². The molecule has 4 N–H and O–H groups in total. The van der Waals surface area contributed by atoms with Crippen molar-refractivity contribution in [2.24, 2.45) is 0 Å². The number of aromatic nitrogens is 2. The third kappa shape index (κ3) is 5.13. The Kier molecular flexibility index (Phi) is 7.41. The number of aliphatic hydroxyl groups is 1. The molecule has 0 spiro atoms. The summed E-state index contributed by atoms with van der Waals surface area (Å²) in [6, 6.07) is 16.3. The van der Waals surface area contributed by atoms with Gasteiger partial charge in [-0.15, -0.1) is 0 Å². The van der Waals surface area contributed by atoms with Crippen molar-refractivity contribution < 1.29 is 42.9 Å². The summed E-state index contributed by atoms with van der Waals surface area (Å²) in [7, 11) is 1.37. The Labute approximate surface area is 232 Å². The first-order valence-corrected chi connectivity index (χ1v) is 11.8. The summed E-state index contributed by atoms with van der Waals surface area (Å²) in [6.45, 7) is 0. The van der Waals surface area contributed by atoms with Crippen LogP contribution in [0.15, 0.2) is 60.7 Å². The fourth-order valence-electron chi connectivity index (χ4n) is 4.08. The van der Waals surface area contributed by atoms with Gasteiger partial charge in [0.2, 0.25) is 5.95 Å². The van der Waals surface area contributed by atoms with E-state index in [4.69, 9.17) is 33.1 Å². The van der Waals surface area contributed by atoms with Crippen LogP contribution in [-0.4, -0.2) is 56.5 Å². The van der Waals surface area contributed by atoms with Crippen LogP contribution >= 0.6 is 23.2 Å². The number of carboxylic acid groups (broad SMARTS) is 2. The minimum atomic E-state index is -5.08. The van der Waals surface area contributed by atoms with Crippen molar-refractivity contribution in [2.45, 2.75) is 11.9 Å². The summed E-state index contributed by atoms with van der Waals surface area (Å²) in [5, 5.41) is 29.1. The number of aromatic amines is 1. The number of halogens is 5. The van der Waals surface area contributed by atoms with Crippen molar-refractivity contribution in [3.8, 4) is 0 Å². The number of carboxylic acids is 1. The Morgan fingerprint density at radius 3 is 2.20 bits per heavy atom. The molecule has 15 heteroatoms. The van der Waals surface area contributed by atoms with E-state index in [1.807, 2.05) is 0 Å². The number of nitrogens with zero attached hydrogens (tertiary/aromatic N) is 3. The lowest BCUT2D eigenvalue weighted by molar-refractivity contribution is -0.192. The highest BCUT2D eigenvalue weighted by molar-refractivity contribution is 6.35. The number of alkyl halides is 3. The summed E-state index contributed by atoms with van der Waals surface area (Å²) in [5.74, 6) is -3.04. The summed E-state index contributed by atoms with van der Waals surface area (Å²) in [5.41, 5.74) is 0.551. The van der Waals surface area contributed by atoms with Crippen LogP contribution in [-0.2, 0) is 10.5 Å². The molecule has 0 bridgehead atoms. The van der Waals surface area contributed by atoms with Crippen LogP contribution in [0.2, 0.25) is 10.0 Å². The van der Waals surface area contributed by atoms with Gasteiger partial charge in [0.15, 0.2) is 5.72 Å². The Bertz CT molecular complexity index is 1640. The lowest BCUT2D eigenvalue weighted by Crippen LogP contribution is -2.45. The average molecular weight is 597 g/mol. The van der Waals surface area contributed by atoms with Crippen molar-refractivity contribution >= 4 is 63.8 Å². The lowest BCUT2D eigenvalue weighted by atomic mass is 9.93. The van der Waals surface area contributed by atoms with Gasteiger partial charge in [-0.05, 0) is 36.4 Å². The highest BCUT2D eigenvalue weighted by Gasteiger charge is 2.51. The first-order chi connectivity index (χ1) is 18.6. The first-order valence-electron chi connectivity index (χ1n) is 11.0. The van der Waals surface area contributed by atoms with Gasteiger partial charge in [0.25, 0.3) is 5.91 Å². The number of fused-ring (bicyclic) bond motifs is 2. The standard InChI is InChI=1S/C23H16Cl2N4O4.C2HF3O2/c1-28(22(31)32)21-26-18-7-6-12(8-19(18)27-21)23(33)17-5-3-2-4-16(17)20(30)29(23)15-10-13(24)9-14(25)11-15;3-2(4,5)1(6)7/h2-11,33H,1H3,(H,26,27)(H,31,32);(H,6,7). The number of anilines is 2. The van der Waals surface area contributed by atoms with Crippen LogP contribution in [0.4, 0.5) is 29.6 Å². The van der Waals surface area contributed by atoms with Gasteiger partial charge < -0.3 is 20.3 Å². The van der Waals surface area contributed by atoms with Gasteiger partial charge in [-0.25, -0.2) is 14.6 Å². The Hall–Kier alpha value is -4.33. The van der Waals surface area contributed by atoms with Crippen LogP contribution in [0.1, 0.15) is 21.5 Å². The van der Waals surface area contributed by atoms with Crippen molar-refractivity contribution in [3.05, 3.63) is 87.4 Å². The fraction of sp³-hybridized carbons (Fsp3) is 0.120. The molecule has 10 nitrogen and oxygen atoms in total. The van der Waals surface area contributed by atoms with Gasteiger partial charge >= 0.3 is 18.2 Å². The topological polar surface area (TPSA) is 147 Å². The van der Waals surface area contributed by atoms with E-state index in [0.29, 0.717) is 43.5 Å². The van der Waals surface area contributed by atoms with Crippen molar-refractivity contribution in [3.63, 3.8) is 0 Å². The molecule has 1 unspecified atom stereocenters. The highest BCUT2D eigenvalue weighted by Crippen LogP contribution is 2.46. The molecule has 0 radical (unpaired) electrons. The summed E-state index contributed by atoms with van der Waals surface area (Å²) in [6.07, 6.45) is -6.26. The second kappa shape index (κ2) is 10.3. The number of rotatable bonds is 3. The third-order valence-electron chi connectivity index (χ3n) is 5.88. The van der Waals surface area contributed by atoms with Crippen LogP contribution in [0.25, 0.3) is 11.0 Å². The SMILES string of the molecule is CN(C(=O)O)c1nc2ccc(C3(O)c4ccccc4C(=O)N3c3cc(Cl)cc(Cl)c3)cc2[nH]1.O=C(O)C(F)(F)F. The molecule has 1 atom stereocenters. The smallest absolute Gasteiger partial charge is 0.475 e. The molecule has 4 aromatic rings. The number of aliphatic carboxylic acids is 1. The van der Waals surface area contributed by atoms with Crippen LogP contribution in [0.5, 0.6) is 0 Å². The predicted octanol–water partition coefficient (Wildman–Crippen LogP) is 5.47. The van der Waals surface area contributed by atoms with Gasteiger partial charge in [0.05, 0.1) is 16.7 Å². The van der Waals surface area contributed by atoms with E-state index in [0.717, 1.165) is 4.90 Å². The zero-order chi connectivity index (χ0) is 29.6. The van der Waals surface area contributed by atoms with Gasteiger partial charge in [-0.3, -0.25) is 14.6 Å². The Morgan fingerprint density at radius 2 is 1.62 bits per heavy atom. The van der Waals surface area contributed by atoms with Gasteiger partial charge in [0, 0.05) is 33.8 Å². The number of hydrogen-bond acceptors (Lipinski definition) is 5. The zero-order valence-corrected chi connectivity index (χ0v) is 21.6. The van der Waals surface area contributed by atoms with Gasteiger partial charge in [0.1, 0.15) is 0 Å². The molecule has 2 amide bonds. The number of carbonyl (C=O) groups is 3. The molecule has 3 aromatic carbocycles. The molecule has 1 aromatic heterocycles. The molecule has 1 aliphatic heterocycles. The van der Waals surface area contributed by atoms with E-state index in [2.05, 4.69) is 9.97 Å². The number of amides is 2. The summed E-state index contributed by atoms with van der Waals surface area (Å²) in [4.78, 5) is 43.0. The maximum atomic E-state index is 13.4. The largest absolute Gasteiger partial charge is 0.490 e. The van der Waals surface area contributed by atoms with Gasteiger partial charge in [-0.1, -0.05) is 47.5 Å². The van der Waals surface area contributed by atoms with Crippen LogP contribution in [0, 0.1) is 0 Å². The molecule has 40 heavy (non-hydrogen) atoms. The molecule has 2 heterocycles. The minimum absolute atomic E-state index is 0.128. The zero-order valence-electron chi connectivity index (χ0n) is 20.1. The number of carbonyl (C=O) groups excluding carboxylic acids is 1. The monoisotopic (exact) mass is 596 g/mol. The molecular formula is C25H17Cl2F3N4O6. The van der Waals surface area contributed by atoms with E-state index in [-0.39, 0.29) is 5.95 Å². The molecule has 208 valence electrons. The maximum Gasteiger partial charge on any atom is 0.490 e. The normalized spacial score (nSPS) is 16.4. The lowest BCUT2D eigenvalue weighted by Gasteiger charge is -2.35. The summed E-state index contributed by atoms with van der Waals surface area (Å²) >= 11 is 12.4. The van der Waals surface area contributed by atoms with Crippen molar-refractivity contribution in [2.75, 3.05) is 16.8 Å². The maximum absolute atomic E-state index is 13.4. The van der Waals surface area contributed by atoms with Gasteiger partial charge in [-0.2, -0.15) is 13.2 Å². The number of benzene rings is 3. The fourth-order valence-corrected chi connectivity index (χ4v) is 4.60. The second-order valence-electron chi connectivity index (χ2n) is 8.42. The molecular weight excluding hydrogens is 580 g/mol. The third-order valence-corrected chi connectivity index (χ3v) is 6.32. The number of H-pyrrole nitrogens is 1. The molecule has 0 saturated heterocycles. The van der Waals surface area contributed by atoms with Crippen molar-refractivity contribution in [1.29, 1.82) is 0 Å². The summed E-state index contributed by atoms with van der Waals surface area (Å²) < 4.78 is 31.7. The molecule has 5 rings (SSSR count). The predicted molar refractivity (Wildman–Crippen MR) is 139 cm³/mol. The first kappa shape index (κ1) is 28.7. The average Bonchev–Trinajstić information content (AvgIpc) is 3.40. The second-order valence-corrected chi connectivity index (χ2v) is 9.30. The number of imidazole rings is 1.